The summed E-state index contributed by atoms with van der Waals surface area (Å²) in [6.45, 7) is 4.45. The van der Waals surface area contributed by atoms with Crippen LogP contribution in [0.15, 0.2) is 17.7 Å². The van der Waals surface area contributed by atoms with Gasteiger partial charge in [-0.25, -0.2) is 0 Å². The topological polar surface area (TPSA) is 0 Å². The van der Waals surface area contributed by atoms with Gasteiger partial charge in [0.1, 0.15) is 0 Å². The van der Waals surface area contributed by atoms with E-state index < -0.39 is 0 Å². The largest absolute Gasteiger partial charge is 0.0882 e. The van der Waals surface area contributed by atoms with E-state index in [0.717, 1.165) is 6.42 Å². The van der Waals surface area contributed by atoms with Crippen molar-refractivity contribution >= 4 is 0 Å². The molecule has 1 aliphatic rings. The Balaban J connectivity index is 2.56. The van der Waals surface area contributed by atoms with E-state index >= 15 is 0 Å². The molecule has 0 amide bonds. The van der Waals surface area contributed by atoms with Gasteiger partial charge in [0.25, 0.3) is 0 Å². The number of allylic oxidation sites excluding steroid dienone is 4. The van der Waals surface area contributed by atoms with E-state index in [0.29, 0.717) is 5.92 Å². The number of rotatable bonds is 0. The van der Waals surface area contributed by atoms with Crippen molar-refractivity contribution in [3.8, 4) is 0 Å². The summed E-state index contributed by atoms with van der Waals surface area (Å²) in [6, 6.07) is 0. The second-order valence-corrected chi connectivity index (χ2v) is 3.01. The zero-order chi connectivity index (χ0) is 7.40. The van der Waals surface area contributed by atoms with Gasteiger partial charge in [-0.3, -0.25) is 0 Å². The van der Waals surface area contributed by atoms with Crippen LogP contribution < -0.4 is 0 Å². The second-order valence-electron chi connectivity index (χ2n) is 3.01. The van der Waals surface area contributed by atoms with Crippen LogP contribution in [0.3, 0.4) is 0 Å². The molecule has 0 saturated carbocycles. The van der Waals surface area contributed by atoms with Gasteiger partial charge >= 0.3 is 0 Å². The molecule has 1 aliphatic carbocycles. The Labute approximate surface area is 63.6 Å². The van der Waals surface area contributed by atoms with Crippen molar-refractivity contribution in [2.24, 2.45) is 5.92 Å². The van der Waals surface area contributed by atoms with Gasteiger partial charge in [-0.15, -0.1) is 0 Å². The van der Waals surface area contributed by atoms with Crippen LogP contribution in [0.2, 0.25) is 0 Å². The molecule has 0 N–H and O–H groups in total. The smallest absolute Gasteiger partial charge is 0.0194 e. The molecule has 0 nitrogen and oxygen atoms in total. The van der Waals surface area contributed by atoms with Crippen LogP contribution in [0, 0.1) is 12.0 Å². The molecule has 0 heteroatoms. The molecule has 0 saturated heterocycles. The summed E-state index contributed by atoms with van der Waals surface area (Å²) >= 11 is 0. The maximum Gasteiger partial charge on any atom is -0.0194 e. The summed E-state index contributed by atoms with van der Waals surface area (Å²) < 4.78 is 0. The minimum absolute atomic E-state index is 0.705. The summed E-state index contributed by atoms with van der Waals surface area (Å²) in [7, 11) is 0. The summed E-state index contributed by atoms with van der Waals surface area (Å²) in [4.78, 5) is 0. The lowest BCUT2D eigenvalue weighted by Gasteiger charge is -2.10. The number of hydrogen-bond acceptors (Lipinski definition) is 0. The lowest BCUT2D eigenvalue weighted by Crippen LogP contribution is -1.96. The first-order valence-corrected chi connectivity index (χ1v) is 4.03. The zero-order valence-corrected chi connectivity index (χ0v) is 6.85. The van der Waals surface area contributed by atoms with Crippen LogP contribution in [0.1, 0.15) is 33.1 Å². The average molecular weight is 135 g/mol. The van der Waals surface area contributed by atoms with Crippen molar-refractivity contribution in [2.45, 2.75) is 33.1 Å². The van der Waals surface area contributed by atoms with Crippen molar-refractivity contribution in [2.75, 3.05) is 0 Å². The Morgan fingerprint density at radius 3 is 3.10 bits per heavy atom. The highest BCUT2D eigenvalue weighted by Crippen LogP contribution is 2.17. The fraction of sp³-hybridized carbons (Fsp3) is 0.600. The Kier molecular flexibility index (Phi) is 2.73. The molecule has 0 aromatic carbocycles. The minimum Gasteiger partial charge on any atom is -0.0882 e. The van der Waals surface area contributed by atoms with Crippen LogP contribution in [-0.2, 0) is 0 Å². The molecule has 0 bridgehead atoms. The minimum atomic E-state index is 0.705. The van der Waals surface area contributed by atoms with Gasteiger partial charge in [-0.05, 0) is 38.2 Å². The summed E-state index contributed by atoms with van der Waals surface area (Å²) in [5.41, 5.74) is 1.43. The van der Waals surface area contributed by atoms with Gasteiger partial charge in [0.15, 0.2) is 0 Å². The maximum absolute atomic E-state index is 3.40. The van der Waals surface area contributed by atoms with E-state index in [1.807, 2.05) is 0 Å². The van der Waals surface area contributed by atoms with Crippen molar-refractivity contribution < 1.29 is 0 Å². The first-order valence-electron chi connectivity index (χ1n) is 4.03. The molecular formula is C10H15. The van der Waals surface area contributed by atoms with Crippen molar-refractivity contribution in [1.82, 2.24) is 0 Å². The molecule has 55 valence electrons. The molecule has 0 spiro atoms. The van der Waals surface area contributed by atoms with Crippen molar-refractivity contribution in [3.05, 3.63) is 23.8 Å². The highest BCUT2D eigenvalue weighted by molar-refractivity contribution is 5.03. The highest BCUT2D eigenvalue weighted by atomic mass is 14.1. The van der Waals surface area contributed by atoms with Gasteiger partial charge in [0, 0.05) is 0 Å². The monoisotopic (exact) mass is 135 g/mol. The molecule has 1 radical (unpaired) electrons. The van der Waals surface area contributed by atoms with E-state index in [2.05, 4.69) is 32.1 Å². The Morgan fingerprint density at radius 2 is 2.30 bits per heavy atom. The Morgan fingerprint density at radius 1 is 1.50 bits per heavy atom. The van der Waals surface area contributed by atoms with E-state index in [-0.39, 0.29) is 0 Å². The SMILES string of the molecule is C/C1=[C]/CC/C=C\CC1C. The quantitative estimate of drug-likeness (QED) is 0.448. The molecule has 0 aliphatic heterocycles. The lowest BCUT2D eigenvalue weighted by atomic mass is 9.95. The fourth-order valence-corrected chi connectivity index (χ4v) is 1.12. The van der Waals surface area contributed by atoms with E-state index in [9.17, 15) is 0 Å². The molecule has 10 heavy (non-hydrogen) atoms. The standard InChI is InChI=1S/C10H15/c1-9-7-5-3-4-6-8-10(9)2/h3,5,9H,4,6-7H2,1-2H3/b5-3-,10-8?. The number of hydrogen-bond donors (Lipinski definition) is 0. The summed E-state index contributed by atoms with van der Waals surface area (Å²) in [6.07, 6.45) is 11.4. The Hall–Kier alpha value is -0.520. The van der Waals surface area contributed by atoms with Gasteiger partial charge in [-0.1, -0.05) is 24.6 Å². The first kappa shape index (κ1) is 7.59. The maximum atomic E-state index is 3.40. The lowest BCUT2D eigenvalue weighted by molar-refractivity contribution is 0.676. The van der Waals surface area contributed by atoms with Crippen LogP contribution in [0.5, 0.6) is 0 Å². The normalized spacial score (nSPS) is 35.4. The third-order valence-electron chi connectivity index (χ3n) is 2.11. The molecule has 1 rings (SSSR count). The van der Waals surface area contributed by atoms with Crippen molar-refractivity contribution in [3.63, 3.8) is 0 Å². The van der Waals surface area contributed by atoms with E-state index in [1.54, 1.807) is 0 Å². The van der Waals surface area contributed by atoms with Crippen LogP contribution in [-0.4, -0.2) is 0 Å². The molecule has 0 aromatic heterocycles. The molecule has 1 atom stereocenters. The van der Waals surface area contributed by atoms with E-state index in [1.165, 1.54) is 18.4 Å². The fourth-order valence-electron chi connectivity index (χ4n) is 1.12. The Bertz CT molecular complexity index is 151. The van der Waals surface area contributed by atoms with E-state index in [4.69, 9.17) is 0 Å². The van der Waals surface area contributed by atoms with Gasteiger partial charge in [-0.2, -0.15) is 0 Å². The predicted octanol–water partition coefficient (Wildman–Crippen LogP) is 3.11. The first-order chi connectivity index (χ1) is 4.80. The van der Waals surface area contributed by atoms with Crippen molar-refractivity contribution in [1.29, 1.82) is 0 Å². The third kappa shape index (κ3) is 2.02. The second kappa shape index (κ2) is 3.60. The van der Waals surface area contributed by atoms with Crippen LogP contribution in [0.4, 0.5) is 0 Å². The average Bonchev–Trinajstić information content (AvgIpc) is 1.92. The molecular weight excluding hydrogens is 120 g/mol. The molecule has 0 fully saturated rings. The predicted molar refractivity (Wildman–Crippen MR) is 44.6 cm³/mol. The summed E-state index contributed by atoms with van der Waals surface area (Å²) in [5, 5.41) is 0. The van der Waals surface area contributed by atoms with Gasteiger partial charge in [0.05, 0.1) is 0 Å². The zero-order valence-electron chi connectivity index (χ0n) is 6.85. The van der Waals surface area contributed by atoms with Crippen LogP contribution >= 0.6 is 0 Å². The van der Waals surface area contributed by atoms with Crippen LogP contribution in [0.25, 0.3) is 0 Å². The highest BCUT2D eigenvalue weighted by Gasteiger charge is 2.02. The molecule has 0 aromatic rings. The van der Waals surface area contributed by atoms with Gasteiger partial charge in [0.2, 0.25) is 0 Å². The van der Waals surface area contributed by atoms with Gasteiger partial charge < -0.3 is 0 Å². The summed E-state index contributed by atoms with van der Waals surface area (Å²) in [5.74, 6) is 0.705. The molecule has 1 unspecified atom stereocenters. The third-order valence-corrected chi connectivity index (χ3v) is 2.11. The molecule has 0 heterocycles.